The standard InChI is InChI=1S/C11H15Cl2NO4S/c1-6-3-9(12)7(2)11(10(6)13)19(17,18)14-8(4-15)5-16/h3,8,14-16H,4-5H2,1-2H3. The van der Waals surface area contributed by atoms with E-state index in [4.69, 9.17) is 33.4 Å². The van der Waals surface area contributed by atoms with Gasteiger partial charge in [0, 0.05) is 5.02 Å². The average molecular weight is 328 g/mol. The summed E-state index contributed by atoms with van der Waals surface area (Å²) in [4.78, 5) is -0.133. The summed E-state index contributed by atoms with van der Waals surface area (Å²) >= 11 is 12.0. The zero-order valence-corrected chi connectivity index (χ0v) is 12.8. The Bertz CT molecular complexity index is 544. The molecule has 1 aromatic rings. The lowest BCUT2D eigenvalue weighted by atomic mass is 10.2. The van der Waals surface area contributed by atoms with Crippen molar-refractivity contribution in [1.82, 2.24) is 4.72 Å². The number of aryl methyl sites for hydroxylation is 1. The number of aliphatic hydroxyl groups is 2. The summed E-state index contributed by atoms with van der Waals surface area (Å²) in [5, 5.41) is 18.2. The van der Waals surface area contributed by atoms with E-state index in [1.807, 2.05) is 0 Å². The molecule has 0 fully saturated rings. The van der Waals surface area contributed by atoms with Gasteiger partial charge in [-0.3, -0.25) is 0 Å². The lowest BCUT2D eigenvalue weighted by Crippen LogP contribution is -2.40. The topological polar surface area (TPSA) is 86.6 Å². The molecule has 8 heteroatoms. The predicted molar refractivity (Wildman–Crippen MR) is 74.2 cm³/mol. The smallest absolute Gasteiger partial charge is 0.242 e. The normalized spacial score (nSPS) is 12.2. The SMILES string of the molecule is Cc1cc(Cl)c(C)c(S(=O)(=O)NC(CO)CO)c1Cl. The molecule has 5 nitrogen and oxygen atoms in total. The summed E-state index contributed by atoms with van der Waals surface area (Å²) in [5.74, 6) is 0. The van der Waals surface area contributed by atoms with Gasteiger partial charge in [0.2, 0.25) is 10.0 Å². The second-order valence-electron chi connectivity index (χ2n) is 4.13. The van der Waals surface area contributed by atoms with Gasteiger partial charge in [-0.25, -0.2) is 13.1 Å². The fourth-order valence-corrected chi connectivity index (χ4v) is 3.97. The van der Waals surface area contributed by atoms with Gasteiger partial charge in [-0.15, -0.1) is 0 Å². The maximum atomic E-state index is 12.2. The van der Waals surface area contributed by atoms with Crippen molar-refractivity contribution >= 4 is 33.2 Å². The molecule has 0 heterocycles. The van der Waals surface area contributed by atoms with Crippen molar-refractivity contribution in [1.29, 1.82) is 0 Å². The molecule has 0 spiro atoms. The Balaban J connectivity index is 3.37. The van der Waals surface area contributed by atoms with Crippen LogP contribution in [0.3, 0.4) is 0 Å². The highest BCUT2D eigenvalue weighted by Gasteiger charge is 2.26. The Morgan fingerprint density at radius 2 is 1.79 bits per heavy atom. The summed E-state index contributed by atoms with van der Waals surface area (Å²) in [7, 11) is -3.98. The van der Waals surface area contributed by atoms with Crippen molar-refractivity contribution in [3.05, 3.63) is 27.2 Å². The molecule has 0 aromatic heterocycles. The summed E-state index contributed by atoms with van der Waals surface area (Å²) < 4.78 is 26.6. The summed E-state index contributed by atoms with van der Waals surface area (Å²) in [6, 6.07) is 0.591. The largest absolute Gasteiger partial charge is 0.395 e. The van der Waals surface area contributed by atoms with Gasteiger partial charge in [-0.2, -0.15) is 0 Å². The first-order chi connectivity index (χ1) is 8.74. The second kappa shape index (κ2) is 6.39. The third-order valence-electron chi connectivity index (χ3n) is 2.62. The number of benzene rings is 1. The average Bonchev–Trinajstić information content (AvgIpc) is 2.33. The van der Waals surface area contributed by atoms with Gasteiger partial charge < -0.3 is 10.2 Å². The molecule has 0 atom stereocenters. The number of hydrogen-bond acceptors (Lipinski definition) is 4. The number of halogens is 2. The molecule has 0 aliphatic carbocycles. The molecule has 0 saturated carbocycles. The minimum atomic E-state index is -3.98. The Kier molecular flexibility index (Phi) is 5.61. The Morgan fingerprint density at radius 1 is 1.26 bits per heavy atom. The lowest BCUT2D eigenvalue weighted by molar-refractivity contribution is 0.185. The molecule has 0 saturated heterocycles. The van der Waals surface area contributed by atoms with Gasteiger partial charge >= 0.3 is 0 Å². The van der Waals surface area contributed by atoms with Crippen LogP contribution in [-0.2, 0) is 10.0 Å². The van der Waals surface area contributed by atoms with Crippen LogP contribution in [0.4, 0.5) is 0 Å². The van der Waals surface area contributed by atoms with E-state index in [0.717, 1.165) is 0 Å². The van der Waals surface area contributed by atoms with Crippen LogP contribution in [0.1, 0.15) is 11.1 Å². The summed E-state index contributed by atoms with van der Waals surface area (Å²) in [6.45, 7) is 2.13. The molecule has 0 aliphatic rings. The number of aliphatic hydroxyl groups excluding tert-OH is 2. The molecule has 0 bridgehead atoms. The van der Waals surface area contributed by atoms with E-state index in [2.05, 4.69) is 4.72 Å². The van der Waals surface area contributed by atoms with Crippen LogP contribution in [0.15, 0.2) is 11.0 Å². The van der Waals surface area contributed by atoms with E-state index in [-0.39, 0.29) is 14.9 Å². The summed E-state index contributed by atoms with van der Waals surface area (Å²) in [6.07, 6.45) is 0. The third kappa shape index (κ3) is 3.59. The Hall–Kier alpha value is -0.370. The van der Waals surface area contributed by atoms with E-state index < -0.39 is 29.3 Å². The van der Waals surface area contributed by atoms with Crippen LogP contribution < -0.4 is 4.72 Å². The first kappa shape index (κ1) is 16.7. The Morgan fingerprint density at radius 3 is 2.26 bits per heavy atom. The Labute approximate surface area is 122 Å². The molecule has 0 radical (unpaired) electrons. The van der Waals surface area contributed by atoms with Gasteiger partial charge in [-0.1, -0.05) is 23.2 Å². The zero-order chi connectivity index (χ0) is 14.8. The molecule has 0 aliphatic heterocycles. The van der Waals surface area contributed by atoms with Gasteiger partial charge in [0.1, 0.15) is 4.90 Å². The quantitative estimate of drug-likeness (QED) is 0.759. The van der Waals surface area contributed by atoms with Crippen molar-refractivity contribution in [3.63, 3.8) is 0 Å². The van der Waals surface area contributed by atoms with Gasteiger partial charge in [0.05, 0.1) is 24.3 Å². The monoisotopic (exact) mass is 327 g/mol. The van der Waals surface area contributed by atoms with E-state index in [0.29, 0.717) is 11.1 Å². The predicted octanol–water partition coefficient (Wildman–Crippen LogP) is 1.24. The van der Waals surface area contributed by atoms with Crippen LogP contribution in [0.2, 0.25) is 10.0 Å². The molecule has 19 heavy (non-hydrogen) atoms. The fourth-order valence-electron chi connectivity index (χ4n) is 1.54. The van der Waals surface area contributed by atoms with E-state index in [9.17, 15) is 8.42 Å². The van der Waals surface area contributed by atoms with Crippen molar-refractivity contribution in [2.75, 3.05) is 13.2 Å². The molecule has 1 rings (SSSR count). The molecule has 3 N–H and O–H groups in total. The van der Waals surface area contributed by atoms with Gasteiger partial charge in [-0.05, 0) is 31.0 Å². The highest BCUT2D eigenvalue weighted by molar-refractivity contribution is 7.89. The molecule has 0 amide bonds. The summed E-state index contributed by atoms with van der Waals surface area (Å²) in [5.41, 5.74) is 0.849. The highest BCUT2D eigenvalue weighted by atomic mass is 35.5. The first-order valence-electron chi connectivity index (χ1n) is 5.43. The van der Waals surface area contributed by atoms with Crippen molar-refractivity contribution in [2.45, 2.75) is 24.8 Å². The first-order valence-corrected chi connectivity index (χ1v) is 7.67. The second-order valence-corrected chi connectivity index (χ2v) is 6.56. The number of nitrogens with one attached hydrogen (secondary N) is 1. The zero-order valence-electron chi connectivity index (χ0n) is 10.4. The number of rotatable bonds is 5. The number of sulfonamides is 1. The van der Waals surface area contributed by atoms with Gasteiger partial charge in [0.15, 0.2) is 0 Å². The van der Waals surface area contributed by atoms with E-state index in [1.165, 1.54) is 6.92 Å². The van der Waals surface area contributed by atoms with Crippen LogP contribution in [0, 0.1) is 13.8 Å². The molecule has 0 unspecified atom stereocenters. The van der Waals surface area contributed by atoms with E-state index >= 15 is 0 Å². The molecule has 1 aromatic carbocycles. The van der Waals surface area contributed by atoms with Crippen LogP contribution in [0.5, 0.6) is 0 Å². The molecule has 108 valence electrons. The lowest BCUT2D eigenvalue weighted by Gasteiger charge is -2.17. The highest BCUT2D eigenvalue weighted by Crippen LogP contribution is 2.33. The molecular weight excluding hydrogens is 313 g/mol. The van der Waals surface area contributed by atoms with Crippen molar-refractivity contribution in [3.8, 4) is 0 Å². The minimum Gasteiger partial charge on any atom is -0.395 e. The van der Waals surface area contributed by atoms with Gasteiger partial charge in [0.25, 0.3) is 0 Å². The maximum Gasteiger partial charge on any atom is 0.242 e. The fraction of sp³-hybridized carbons (Fsp3) is 0.455. The van der Waals surface area contributed by atoms with Crippen molar-refractivity contribution in [2.24, 2.45) is 0 Å². The van der Waals surface area contributed by atoms with Crippen LogP contribution in [-0.4, -0.2) is 37.9 Å². The van der Waals surface area contributed by atoms with Crippen molar-refractivity contribution < 1.29 is 18.6 Å². The van der Waals surface area contributed by atoms with Crippen LogP contribution in [0.25, 0.3) is 0 Å². The third-order valence-corrected chi connectivity index (χ3v) is 5.30. The maximum absolute atomic E-state index is 12.2. The minimum absolute atomic E-state index is 0.0732. The molecular formula is C11H15Cl2NO4S. The van der Waals surface area contributed by atoms with Crippen LogP contribution >= 0.6 is 23.2 Å². The van der Waals surface area contributed by atoms with E-state index in [1.54, 1.807) is 13.0 Å². The number of hydrogen-bond donors (Lipinski definition) is 3.